The molecule has 2 N–H and O–H groups in total. The van der Waals surface area contributed by atoms with Gasteiger partial charge in [-0.05, 0) is 62.5 Å². The van der Waals surface area contributed by atoms with Crippen LogP contribution in [0.15, 0.2) is 12.1 Å². The maximum atomic E-state index is 6.35. The maximum absolute atomic E-state index is 6.35. The molecule has 100 valence electrons. The highest BCUT2D eigenvalue weighted by atomic mass is 16.5. The van der Waals surface area contributed by atoms with E-state index in [1.54, 1.807) is 7.11 Å². The van der Waals surface area contributed by atoms with Gasteiger partial charge >= 0.3 is 0 Å². The first-order valence-corrected chi connectivity index (χ1v) is 6.75. The summed E-state index contributed by atoms with van der Waals surface area (Å²) in [6.07, 6.45) is 2.63. The van der Waals surface area contributed by atoms with E-state index in [2.05, 4.69) is 24.8 Å². The highest BCUT2D eigenvalue weighted by Gasteiger charge is 2.18. The summed E-state index contributed by atoms with van der Waals surface area (Å²) >= 11 is 0. The number of hydrogen-bond donors (Lipinski definition) is 1. The fraction of sp³-hybridized carbons (Fsp3) is 0.600. The van der Waals surface area contributed by atoms with Crippen LogP contribution >= 0.6 is 0 Å². The molecular formula is C15H24N2O. The topological polar surface area (TPSA) is 38.5 Å². The first-order chi connectivity index (χ1) is 8.63. The molecule has 2 rings (SSSR count). The average molecular weight is 248 g/mol. The molecule has 1 heterocycles. The Morgan fingerprint density at radius 2 is 1.89 bits per heavy atom. The molecule has 0 aromatic heterocycles. The van der Waals surface area contributed by atoms with Gasteiger partial charge in [-0.1, -0.05) is 6.07 Å². The molecule has 0 spiro atoms. The van der Waals surface area contributed by atoms with Crippen LogP contribution in [0, 0.1) is 13.8 Å². The van der Waals surface area contributed by atoms with Crippen LogP contribution in [-0.2, 0) is 0 Å². The number of likely N-dealkylation sites (tertiary alicyclic amines) is 1. The summed E-state index contributed by atoms with van der Waals surface area (Å²) in [5.74, 6) is 0.949. The van der Waals surface area contributed by atoms with Gasteiger partial charge in [0, 0.05) is 12.6 Å². The van der Waals surface area contributed by atoms with Gasteiger partial charge in [-0.15, -0.1) is 0 Å². The van der Waals surface area contributed by atoms with E-state index in [1.807, 2.05) is 6.07 Å². The molecule has 1 saturated heterocycles. The average Bonchev–Trinajstić information content (AvgIpc) is 2.85. The molecule has 0 amide bonds. The van der Waals surface area contributed by atoms with Gasteiger partial charge in [-0.25, -0.2) is 0 Å². The standard InChI is InChI=1S/C15H24N2O/c1-11-12(2)15(18-3)7-6-13(11)14(16)10-17-8-4-5-9-17/h6-7,14H,4-5,8-10,16H2,1-3H3. The minimum Gasteiger partial charge on any atom is -0.496 e. The van der Waals surface area contributed by atoms with Crippen molar-refractivity contribution in [1.29, 1.82) is 0 Å². The lowest BCUT2D eigenvalue weighted by molar-refractivity contribution is 0.315. The lowest BCUT2D eigenvalue weighted by Gasteiger charge is -2.23. The summed E-state index contributed by atoms with van der Waals surface area (Å²) in [6, 6.07) is 4.25. The molecular weight excluding hydrogens is 224 g/mol. The molecule has 3 nitrogen and oxygen atoms in total. The van der Waals surface area contributed by atoms with E-state index in [4.69, 9.17) is 10.5 Å². The van der Waals surface area contributed by atoms with E-state index in [0.29, 0.717) is 0 Å². The van der Waals surface area contributed by atoms with E-state index in [9.17, 15) is 0 Å². The summed E-state index contributed by atoms with van der Waals surface area (Å²) in [5, 5.41) is 0. The van der Waals surface area contributed by atoms with Gasteiger partial charge in [-0.3, -0.25) is 0 Å². The van der Waals surface area contributed by atoms with Crippen molar-refractivity contribution in [3.63, 3.8) is 0 Å². The predicted octanol–water partition coefficient (Wildman–Crippen LogP) is 2.41. The second-order valence-corrected chi connectivity index (χ2v) is 5.22. The lowest BCUT2D eigenvalue weighted by Crippen LogP contribution is -2.30. The van der Waals surface area contributed by atoms with Crippen LogP contribution < -0.4 is 10.5 Å². The zero-order valence-corrected chi connectivity index (χ0v) is 11.7. The van der Waals surface area contributed by atoms with Gasteiger partial charge in [0.05, 0.1) is 7.11 Å². The van der Waals surface area contributed by atoms with Crippen molar-refractivity contribution in [2.45, 2.75) is 32.7 Å². The normalized spacial score (nSPS) is 18.0. The third-order valence-electron chi connectivity index (χ3n) is 4.05. The van der Waals surface area contributed by atoms with Crippen LogP contribution in [0.3, 0.4) is 0 Å². The maximum Gasteiger partial charge on any atom is 0.122 e. The molecule has 1 aliphatic heterocycles. The van der Waals surface area contributed by atoms with Crippen molar-refractivity contribution in [2.75, 3.05) is 26.7 Å². The van der Waals surface area contributed by atoms with Gasteiger partial charge in [0.15, 0.2) is 0 Å². The molecule has 18 heavy (non-hydrogen) atoms. The fourth-order valence-electron chi connectivity index (χ4n) is 2.78. The Morgan fingerprint density at radius 1 is 1.22 bits per heavy atom. The van der Waals surface area contributed by atoms with Crippen LogP contribution in [0.1, 0.15) is 35.6 Å². The summed E-state index contributed by atoms with van der Waals surface area (Å²) in [4.78, 5) is 2.46. The molecule has 1 unspecified atom stereocenters. The van der Waals surface area contributed by atoms with Crippen molar-refractivity contribution in [3.8, 4) is 5.75 Å². The quantitative estimate of drug-likeness (QED) is 0.889. The van der Waals surface area contributed by atoms with E-state index in [-0.39, 0.29) is 6.04 Å². The Labute approximate surface area is 110 Å². The van der Waals surface area contributed by atoms with Crippen molar-refractivity contribution in [1.82, 2.24) is 4.90 Å². The van der Waals surface area contributed by atoms with Crippen LogP contribution in [-0.4, -0.2) is 31.6 Å². The highest BCUT2D eigenvalue weighted by molar-refractivity contribution is 5.44. The van der Waals surface area contributed by atoms with E-state index in [0.717, 1.165) is 12.3 Å². The number of benzene rings is 1. The minimum absolute atomic E-state index is 0.104. The van der Waals surface area contributed by atoms with Crippen LogP contribution in [0.5, 0.6) is 5.75 Å². The van der Waals surface area contributed by atoms with Crippen molar-refractivity contribution < 1.29 is 4.74 Å². The monoisotopic (exact) mass is 248 g/mol. The smallest absolute Gasteiger partial charge is 0.122 e. The van der Waals surface area contributed by atoms with Crippen LogP contribution in [0.2, 0.25) is 0 Å². The summed E-state index contributed by atoms with van der Waals surface area (Å²) < 4.78 is 5.34. The third-order valence-corrected chi connectivity index (χ3v) is 4.05. The van der Waals surface area contributed by atoms with E-state index in [1.165, 1.54) is 42.6 Å². The van der Waals surface area contributed by atoms with Gasteiger partial charge in [-0.2, -0.15) is 0 Å². The Kier molecular flexibility index (Phi) is 4.25. The second-order valence-electron chi connectivity index (χ2n) is 5.22. The van der Waals surface area contributed by atoms with Crippen LogP contribution in [0.25, 0.3) is 0 Å². The van der Waals surface area contributed by atoms with Gasteiger partial charge < -0.3 is 15.4 Å². The second kappa shape index (κ2) is 5.72. The summed E-state index contributed by atoms with van der Waals surface area (Å²) in [7, 11) is 1.71. The first-order valence-electron chi connectivity index (χ1n) is 6.75. The molecule has 1 aromatic rings. The molecule has 1 fully saturated rings. The molecule has 1 aromatic carbocycles. The van der Waals surface area contributed by atoms with E-state index >= 15 is 0 Å². The summed E-state index contributed by atoms with van der Waals surface area (Å²) in [6.45, 7) is 7.59. The summed E-state index contributed by atoms with van der Waals surface area (Å²) in [5.41, 5.74) is 10.1. The number of methoxy groups -OCH3 is 1. The first kappa shape index (κ1) is 13.4. The Balaban J connectivity index is 2.14. The Bertz CT molecular complexity index is 411. The number of ether oxygens (including phenoxy) is 1. The van der Waals surface area contributed by atoms with E-state index < -0.39 is 0 Å². The SMILES string of the molecule is COc1ccc(C(N)CN2CCCC2)c(C)c1C. The zero-order chi connectivity index (χ0) is 13.1. The highest BCUT2D eigenvalue weighted by Crippen LogP contribution is 2.27. The fourth-order valence-corrected chi connectivity index (χ4v) is 2.78. The zero-order valence-electron chi connectivity index (χ0n) is 11.7. The minimum atomic E-state index is 0.104. The number of nitrogens with two attached hydrogens (primary N) is 1. The van der Waals surface area contributed by atoms with Crippen LogP contribution in [0.4, 0.5) is 0 Å². The van der Waals surface area contributed by atoms with Crippen molar-refractivity contribution in [2.24, 2.45) is 5.73 Å². The lowest BCUT2D eigenvalue weighted by atomic mass is 9.97. The predicted molar refractivity (Wildman–Crippen MR) is 75.1 cm³/mol. The van der Waals surface area contributed by atoms with Gasteiger partial charge in [0.1, 0.15) is 5.75 Å². The molecule has 0 aliphatic carbocycles. The number of hydrogen-bond acceptors (Lipinski definition) is 3. The number of rotatable bonds is 4. The molecule has 1 aliphatic rings. The van der Waals surface area contributed by atoms with Gasteiger partial charge in [0.25, 0.3) is 0 Å². The Morgan fingerprint density at radius 3 is 2.50 bits per heavy atom. The van der Waals surface area contributed by atoms with Gasteiger partial charge in [0.2, 0.25) is 0 Å². The van der Waals surface area contributed by atoms with Crippen molar-refractivity contribution >= 4 is 0 Å². The van der Waals surface area contributed by atoms with Crippen molar-refractivity contribution in [3.05, 3.63) is 28.8 Å². The third kappa shape index (κ3) is 2.68. The molecule has 0 radical (unpaired) electrons. The molecule has 0 bridgehead atoms. The number of nitrogens with zero attached hydrogens (tertiary/aromatic N) is 1. The largest absolute Gasteiger partial charge is 0.496 e. The Hall–Kier alpha value is -1.06. The molecule has 0 saturated carbocycles. The molecule has 3 heteroatoms. The molecule has 1 atom stereocenters.